The fourth-order valence-electron chi connectivity index (χ4n) is 1.24. The second-order valence-corrected chi connectivity index (χ2v) is 4.04. The van der Waals surface area contributed by atoms with Crippen LogP contribution in [-0.2, 0) is 0 Å². The van der Waals surface area contributed by atoms with Crippen LogP contribution >= 0.6 is 15.9 Å². The molecule has 0 aliphatic rings. The molecule has 1 atom stereocenters. The van der Waals surface area contributed by atoms with Gasteiger partial charge in [-0.1, -0.05) is 35.3 Å². The largest absolute Gasteiger partial charge is 0.370 e. The van der Waals surface area contributed by atoms with Gasteiger partial charge in [0.25, 0.3) is 0 Å². The van der Waals surface area contributed by atoms with E-state index in [0.29, 0.717) is 0 Å². The zero-order chi connectivity index (χ0) is 10.4. The van der Waals surface area contributed by atoms with Crippen molar-refractivity contribution in [3.05, 3.63) is 28.7 Å². The fraction of sp³-hybridized carbons (Fsp3) is 0.364. The Hall–Kier alpha value is -1.01. The Bertz CT molecular complexity index is 330. The van der Waals surface area contributed by atoms with Gasteiger partial charge >= 0.3 is 0 Å². The molecule has 0 fully saturated rings. The molecule has 1 aromatic rings. The average Bonchev–Trinajstić information content (AvgIpc) is 2.17. The van der Waals surface area contributed by atoms with Crippen LogP contribution in [0.4, 0.5) is 5.69 Å². The molecule has 1 rings (SSSR count). The summed E-state index contributed by atoms with van der Waals surface area (Å²) in [5.74, 6) is 0. The molecule has 0 saturated carbocycles. The van der Waals surface area contributed by atoms with Crippen LogP contribution in [0.1, 0.15) is 19.8 Å². The maximum absolute atomic E-state index is 8.86. The Kier molecular flexibility index (Phi) is 4.48. The number of hydrogen-bond acceptors (Lipinski definition) is 2. The normalized spacial score (nSPS) is 11.8. The number of halogens is 1. The number of nitriles is 1. The van der Waals surface area contributed by atoms with E-state index in [-0.39, 0.29) is 6.04 Å². The number of rotatable bonds is 4. The van der Waals surface area contributed by atoms with Crippen molar-refractivity contribution in [1.82, 2.24) is 0 Å². The van der Waals surface area contributed by atoms with Gasteiger partial charge in [-0.3, -0.25) is 0 Å². The molecule has 0 saturated heterocycles. The van der Waals surface area contributed by atoms with Crippen LogP contribution in [0.3, 0.4) is 0 Å². The molecule has 1 aromatic carbocycles. The van der Waals surface area contributed by atoms with E-state index in [1.165, 1.54) is 0 Å². The number of anilines is 1. The van der Waals surface area contributed by atoms with Crippen LogP contribution in [0.15, 0.2) is 28.7 Å². The molecule has 0 spiro atoms. The molecular formula is C11H13BrN2. The molecule has 1 unspecified atom stereocenters. The third-order valence-corrected chi connectivity index (χ3v) is 2.39. The van der Waals surface area contributed by atoms with Crippen molar-refractivity contribution in [1.29, 1.82) is 5.26 Å². The maximum atomic E-state index is 8.86. The minimum absolute atomic E-state index is 0.0886. The first-order valence-corrected chi connectivity index (χ1v) is 5.47. The molecule has 2 nitrogen and oxygen atoms in total. The molecule has 74 valence electrons. The van der Waals surface area contributed by atoms with E-state index in [9.17, 15) is 0 Å². The Morgan fingerprint density at radius 2 is 2.36 bits per heavy atom. The van der Waals surface area contributed by atoms with Crippen LogP contribution in [0.25, 0.3) is 0 Å². The smallest absolute Gasteiger partial charge is 0.114 e. The van der Waals surface area contributed by atoms with Gasteiger partial charge in [0.1, 0.15) is 6.04 Å². The minimum Gasteiger partial charge on any atom is -0.370 e. The van der Waals surface area contributed by atoms with E-state index in [0.717, 1.165) is 23.0 Å². The molecule has 0 aromatic heterocycles. The SMILES string of the molecule is CCCC(C#N)Nc1cccc(Br)c1. The standard InChI is InChI=1S/C11H13BrN2/c1-2-4-11(8-13)14-10-6-3-5-9(12)7-10/h3,5-7,11,14H,2,4H2,1H3. The second-order valence-electron chi connectivity index (χ2n) is 3.13. The lowest BCUT2D eigenvalue weighted by Crippen LogP contribution is -2.16. The molecule has 14 heavy (non-hydrogen) atoms. The first-order valence-electron chi connectivity index (χ1n) is 4.68. The number of benzene rings is 1. The summed E-state index contributed by atoms with van der Waals surface area (Å²) < 4.78 is 1.02. The Labute approximate surface area is 93.1 Å². The second kappa shape index (κ2) is 5.66. The summed E-state index contributed by atoms with van der Waals surface area (Å²) in [4.78, 5) is 0. The van der Waals surface area contributed by atoms with Gasteiger partial charge in [0, 0.05) is 10.2 Å². The third-order valence-electron chi connectivity index (χ3n) is 1.90. The summed E-state index contributed by atoms with van der Waals surface area (Å²) in [6, 6.07) is 10.0. The molecule has 3 heteroatoms. The lowest BCUT2D eigenvalue weighted by Gasteiger charge is -2.11. The highest BCUT2D eigenvalue weighted by Gasteiger charge is 2.04. The topological polar surface area (TPSA) is 35.8 Å². The molecule has 0 aliphatic heterocycles. The van der Waals surface area contributed by atoms with Crippen LogP contribution in [-0.4, -0.2) is 6.04 Å². The summed E-state index contributed by atoms with van der Waals surface area (Å²) in [5, 5.41) is 12.0. The highest BCUT2D eigenvalue weighted by Crippen LogP contribution is 2.17. The van der Waals surface area contributed by atoms with Crippen molar-refractivity contribution in [3.63, 3.8) is 0 Å². The third kappa shape index (κ3) is 3.39. The highest BCUT2D eigenvalue weighted by atomic mass is 79.9. The van der Waals surface area contributed by atoms with Gasteiger partial charge in [-0.15, -0.1) is 0 Å². The van der Waals surface area contributed by atoms with Gasteiger partial charge in [0.05, 0.1) is 6.07 Å². The zero-order valence-corrected chi connectivity index (χ0v) is 9.71. The molecule has 0 radical (unpaired) electrons. The monoisotopic (exact) mass is 252 g/mol. The van der Waals surface area contributed by atoms with Gasteiger partial charge in [-0.25, -0.2) is 0 Å². The van der Waals surface area contributed by atoms with Crippen molar-refractivity contribution in [3.8, 4) is 6.07 Å². The summed E-state index contributed by atoms with van der Waals surface area (Å²) >= 11 is 3.39. The summed E-state index contributed by atoms with van der Waals surface area (Å²) in [6.45, 7) is 2.08. The van der Waals surface area contributed by atoms with Gasteiger partial charge < -0.3 is 5.32 Å². The lowest BCUT2D eigenvalue weighted by atomic mass is 10.2. The quantitative estimate of drug-likeness (QED) is 0.890. The van der Waals surface area contributed by atoms with E-state index < -0.39 is 0 Å². The summed E-state index contributed by atoms with van der Waals surface area (Å²) in [5.41, 5.74) is 0.986. The van der Waals surface area contributed by atoms with Crippen LogP contribution in [0.5, 0.6) is 0 Å². The van der Waals surface area contributed by atoms with Crippen molar-refractivity contribution in [2.75, 3.05) is 5.32 Å². The van der Waals surface area contributed by atoms with E-state index in [1.54, 1.807) is 0 Å². The molecular weight excluding hydrogens is 240 g/mol. The fourth-order valence-corrected chi connectivity index (χ4v) is 1.64. The lowest BCUT2D eigenvalue weighted by molar-refractivity contribution is 0.748. The Balaban J connectivity index is 2.63. The number of nitrogens with zero attached hydrogens (tertiary/aromatic N) is 1. The van der Waals surface area contributed by atoms with E-state index in [1.807, 2.05) is 24.3 Å². The predicted octanol–water partition coefficient (Wildman–Crippen LogP) is 3.55. The minimum atomic E-state index is -0.0886. The Morgan fingerprint density at radius 1 is 1.57 bits per heavy atom. The number of hydrogen-bond donors (Lipinski definition) is 1. The zero-order valence-electron chi connectivity index (χ0n) is 8.13. The van der Waals surface area contributed by atoms with Crippen LogP contribution in [0, 0.1) is 11.3 Å². The van der Waals surface area contributed by atoms with Crippen molar-refractivity contribution >= 4 is 21.6 Å². The first-order chi connectivity index (χ1) is 6.76. The number of nitrogens with one attached hydrogen (secondary N) is 1. The first kappa shape index (κ1) is 11.1. The average molecular weight is 253 g/mol. The summed E-state index contributed by atoms with van der Waals surface area (Å²) in [7, 11) is 0. The van der Waals surface area contributed by atoms with E-state index >= 15 is 0 Å². The Morgan fingerprint density at radius 3 is 2.93 bits per heavy atom. The van der Waals surface area contributed by atoms with Gasteiger partial charge in [-0.2, -0.15) is 5.26 Å². The van der Waals surface area contributed by atoms with Crippen LogP contribution in [0.2, 0.25) is 0 Å². The molecule has 0 bridgehead atoms. The highest BCUT2D eigenvalue weighted by molar-refractivity contribution is 9.10. The van der Waals surface area contributed by atoms with Gasteiger partial charge in [0.2, 0.25) is 0 Å². The van der Waals surface area contributed by atoms with Gasteiger partial charge in [0.15, 0.2) is 0 Å². The van der Waals surface area contributed by atoms with Gasteiger partial charge in [-0.05, 0) is 24.6 Å². The maximum Gasteiger partial charge on any atom is 0.114 e. The van der Waals surface area contributed by atoms with Crippen molar-refractivity contribution < 1.29 is 0 Å². The predicted molar refractivity (Wildman–Crippen MR) is 62.1 cm³/mol. The van der Waals surface area contributed by atoms with E-state index in [4.69, 9.17) is 5.26 Å². The van der Waals surface area contributed by atoms with E-state index in [2.05, 4.69) is 34.2 Å². The molecule has 0 aliphatic carbocycles. The van der Waals surface area contributed by atoms with Crippen molar-refractivity contribution in [2.24, 2.45) is 0 Å². The van der Waals surface area contributed by atoms with Crippen molar-refractivity contribution in [2.45, 2.75) is 25.8 Å². The summed E-state index contributed by atoms with van der Waals surface area (Å²) in [6.07, 6.45) is 1.89. The molecule has 0 heterocycles. The van der Waals surface area contributed by atoms with Crippen LogP contribution < -0.4 is 5.32 Å². The molecule has 1 N–H and O–H groups in total. The molecule has 0 amide bonds.